The summed E-state index contributed by atoms with van der Waals surface area (Å²) < 4.78 is 5.64. The van der Waals surface area contributed by atoms with Crippen molar-refractivity contribution in [3.63, 3.8) is 0 Å². The van der Waals surface area contributed by atoms with E-state index in [1.807, 2.05) is 0 Å². The summed E-state index contributed by atoms with van der Waals surface area (Å²) in [6.07, 6.45) is 7.22. The first kappa shape index (κ1) is 14.5. The van der Waals surface area contributed by atoms with Crippen LogP contribution >= 0.6 is 0 Å². The molecule has 0 saturated heterocycles. The molecule has 2 atom stereocenters. The van der Waals surface area contributed by atoms with Crippen molar-refractivity contribution < 1.29 is 4.74 Å². The summed E-state index contributed by atoms with van der Waals surface area (Å²) >= 11 is 0. The number of hydrogen-bond acceptors (Lipinski definition) is 2. The Bertz CT molecular complexity index is 277. The van der Waals surface area contributed by atoms with Crippen molar-refractivity contribution in [3.8, 4) is 0 Å². The minimum absolute atomic E-state index is 0.306. The number of nitrogens with zero attached hydrogens (tertiary/aromatic N) is 1. The van der Waals surface area contributed by atoms with Crippen molar-refractivity contribution in [2.45, 2.75) is 46.8 Å². The van der Waals surface area contributed by atoms with E-state index in [0.717, 1.165) is 19.7 Å². The van der Waals surface area contributed by atoms with Gasteiger partial charge in [-0.1, -0.05) is 39.0 Å². The first-order chi connectivity index (χ1) is 8.08. The third kappa shape index (κ3) is 4.29. The molecule has 1 aliphatic carbocycles. The summed E-state index contributed by atoms with van der Waals surface area (Å²) in [5, 5.41) is 0. The van der Waals surface area contributed by atoms with Gasteiger partial charge in [-0.25, -0.2) is 0 Å². The maximum absolute atomic E-state index is 5.64. The summed E-state index contributed by atoms with van der Waals surface area (Å²) in [4.78, 5) is 2.50. The lowest BCUT2D eigenvalue weighted by atomic mass is 9.92. The predicted octanol–water partition coefficient (Wildman–Crippen LogP) is 3.25. The minimum Gasteiger partial charge on any atom is -0.374 e. The van der Waals surface area contributed by atoms with Crippen molar-refractivity contribution in [1.82, 2.24) is 4.90 Å². The predicted molar refractivity (Wildman–Crippen MR) is 74.2 cm³/mol. The van der Waals surface area contributed by atoms with Gasteiger partial charge in [-0.2, -0.15) is 0 Å². The third-order valence-corrected chi connectivity index (χ3v) is 3.34. The van der Waals surface area contributed by atoms with Gasteiger partial charge in [0.2, 0.25) is 0 Å². The molecule has 0 heterocycles. The van der Waals surface area contributed by atoms with E-state index in [0.29, 0.717) is 18.1 Å². The third-order valence-electron chi connectivity index (χ3n) is 3.34. The van der Waals surface area contributed by atoms with Crippen LogP contribution < -0.4 is 0 Å². The van der Waals surface area contributed by atoms with E-state index in [1.165, 1.54) is 5.57 Å². The van der Waals surface area contributed by atoms with Crippen molar-refractivity contribution in [2.24, 2.45) is 5.92 Å². The Morgan fingerprint density at radius 2 is 1.94 bits per heavy atom. The Labute approximate surface area is 106 Å². The van der Waals surface area contributed by atoms with E-state index in [9.17, 15) is 0 Å². The van der Waals surface area contributed by atoms with Gasteiger partial charge in [0.25, 0.3) is 0 Å². The molecule has 0 aliphatic heterocycles. The monoisotopic (exact) mass is 237 g/mol. The molecule has 1 aliphatic rings. The molecule has 0 radical (unpaired) electrons. The molecule has 0 bridgehead atoms. The van der Waals surface area contributed by atoms with Crippen LogP contribution in [0, 0.1) is 5.92 Å². The standard InChI is InChI=1S/C15H27NO/c1-6-16(7-2)15-9-8-14(10-13(15)5)11-17-12(3)4/h8-10,12-13,15H,6-7,11H2,1-5H3. The zero-order valence-corrected chi connectivity index (χ0v) is 11.9. The van der Waals surface area contributed by atoms with E-state index >= 15 is 0 Å². The van der Waals surface area contributed by atoms with Gasteiger partial charge >= 0.3 is 0 Å². The molecule has 0 aromatic rings. The van der Waals surface area contributed by atoms with Gasteiger partial charge in [0.15, 0.2) is 0 Å². The molecule has 2 heteroatoms. The van der Waals surface area contributed by atoms with Gasteiger partial charge in [0.1, 0.15) is 0 Å². The highest BCUT2D eigenvalue weighted by Crippen LogP contribution is 2.21. The van der Waals surface area contributed by atoms with Gasteiger partial charge in [-0.15, -0.1) is 0 Å². The molecule has 0 aromatic carbocycles. The largest absolute Gasteiger partial charge is 0.374 e. The zero-order chi connectivity index (χ0) is 12.8. The van der Waals surface area contributed by atoms with Gasteiger partial charge in [0, 0.05) is 6.04 Å². The molecule has 0 saturated carbocycles. The Kier molecular flexibility index (Phi) is 5.93. The molecule has 0 N–H and O–H groups in total. The van der Waals surface area contributed by atoms with Crippen LogP contribution in [0.1, 0.15) is 34.6 Å². The number of hydrogen-bond donors (Lipinski definition) is 0. The van der Waals surface area contributed by atoms with E-state index in [2.05, 4.69) is 57.7 Å². The number of likely N-dealkylation sites (N-methyl/N-ethyl adjacent to an activating group) is 1. The van der Waals surface area contributed by atoms with Crippen LogP contribution in [0.5, 0.6) is 0 Å². The number of ether oxygens (including phenoxy) is 1. The Morgan fingerprint density at radius 1 is 1.29 bits per heavy atom. The molecule has 2 unspecified atom stereocenters. The Hall–Kier alpha value is -0.600. The Morgan fingerprint density at radius 3 is 2.41 bits per heavy atom. The second-order valence-corrected chi connectivity index (χ2v) is 5.03. The van der Waals surface area contributed by atoms with Crippen molar-refractivity contribution in [3.05, 3.63) is 23.8 Å². The maximum atomic E-state index is 5.64. The molecule has 1 rings (SSSR count). The summed E-state index contributed by atoms with van der Waals surface area (Å²) in [6, 6.07) is 0.549. The summed E-state index contributed by atoms with van der Waals surface area (Å²) in [7, 11) is 0. The van der Waals surface area contributed by atoms with Crippen LogP contribution in [0.15, 0.2) is 23.8 Å². The first-order valence-electron chi connectivity index (χ1n) is 6.83. The molecular weight excluding hydrogens is 210 g/mol. The number of rotatable bonds is 6. The van der Waals surface area contributed by atoms with E-state index in [-0.39, 0.29) is 0 Å². The van der Waals surface area contributed by atoms with Crippen molar-refractivity contribution >= 4 is 0 Å². The SMILES string of the molecule is CCN(CC)C1C=CC(COC(C)C)=CC1C. The molecule has 0 aromatic heterocycles. The average molecular weight is 237 g/mol. The molecule has 98 valence electrons. The fraction of sp³-hybridized carbons (Fsp3) is 0.733. The van der Waals surface area contributed by atoms with Gasteiger partial charge in [0.05, 0.1) is 12.7 Å². The first-order valence-corrected chi connectivity index (χ1v) is 6.83. The van der Waals surface area contributed by atoms with Crippen LogP contribution in [0.3, 0.4) is 0 Å². The highest BCUT2D eigenvalue weighted by molar-refractivity contribution is 5.27. The smallest absolute Gasteiger partial charge is 0.0717 e. The fourth-order valence-electron chi connectivity index (χ4n) is 2.35. The van der Waals surface area contributed by atoms with Crippen LogP contribution in [-0.4, -0.2) is 36.7 Å². The van der Waals surface area contributed by atoms with Crippen LogP contribution in [0.4, 0.5) is 0 Å². The van der Waals surface area contributed by atoms with Gasteiger partial charge in [-0.3, -0.25) is 4.90 Å². The lowest BCUT2D eigenvalue weighted by molar-refractivity contribution is 0.0978. The molecule has 2 nitrogen and oxygen atoms in total. The van der Waals surface area contributed by atoms with E-state index in [1.54, 1.807) is 0 Å². The van der Waals surface area contributed by atoms with E-state index in [4.69, 9.17) is 4.74 Å². The second-order valence-electron chi connectivity index (χ2n) is 5.03. The van der Waals surface area contributed by atoms with E-state index < -0.39 is 0 Å². The lowest BCUT2D eigenvalue weighted by Gasteiger charge is -2.33. The zero-order valence-electron chi connectivity index (χ0n) is 11.9. The minimum atomic E-state index is 0.306. The Balaban J connectivity index is 2.56. The summed E-state index contributed by atoms with van der Waals surface area (Å²) in [5.74, 6) is 0.575. The van der Waals surface area contributed by atoms with Crippen molar-refractivity contribution in [2.75, 3.05) is 19.7 Å². The quantitative estimate of drug-likeness (QED) is 0.703. The van der Waals surface area contributed by atoms with Crippen LogP contribution in [-0.2, 0) is 4.74 Å². The second kappa shape index (κ2) is 6.97. The molecular formula is C15H27NO. The maximum Gasteiger partial charge on any atom is 0.0717 e. The normalized spacial score (nSPS) is 24.5. The van der Waals surface area contributed by atoms with Gasteiger partial charge < -0.3 is 4.74 Å². The highest BCUT2D eigenvalue weighted by atomic mass is 16.5. The van der Waals surface area contributed by atoms with Crippen molar-refractivity contribution in [1.29, 1.82) is 0 Å². The fourth-order valence-corrected chi connectivity index (χ4v) is 2.35. The summed E-state index contributed by atoms with van der Waals surface area (Å²) in [6.45, 7) is 13.9. The lowest BCUT2D eigenvalue weighted by Crippen LogP contribution is -2.38. The van der Waals surface area contributed by atoms with Crippen LogP contribution in [0.2, 0.25) is 0 Å². The molecule has 0 spiro atoms. The molecule has 17 heavy (non-hydrogen) atoms. The molecule has 0 amide bonds. The highest BCUT2D eigenvalue weighted by Gasteiger charge is 2.21. The molecule has 0 fully saturated rings. The average Bonchev–Trinajstić information content (AvgIpc) is 2.30. The topological polar surface area (TPSA) is 12.5 Å². The van der Waals surface area contributed by atoms with Gasteiger partial charge in [-0.05, 0) is 38.4 Å². The van der Waals surface area contributed by atoms with Crippen LogP contribution in [0.25, 0.3) is 0 Å². The summed E-state index contributed by atoms with van der Waals surface area (Å²) in [5.41, 5.74) is 1.31.